The number of aromatic nitrogens is 1. The summed E-state index contributed by atoms with van der Waals surface area (Å²) in [6.07, 6.45) is 4.59. The fraction of sp³-hybridized carbons (Fsp3) is 0.308. The topological polar surface area (TPSA) is 77.2 Å². The van der Waals surface area contributed by atoms with Gasteiger partial charge in [-0.3, -0.25) is 15.1 Å². The normalized spacial score (nSPS) is 13.5. The number of nitrogens with two attached hydrogens (primary N) is 1. The smallest absolute Gasteiger partial charge is 0.319 e. The van der Waals surface area contributed by atoms with E-state index in [-0.39, 0.29) is 24.5 Å². The van der Waals surface area contributed by atoms with E-state index in [2.05, 4.69) is 46.7 Å². The molecule has 3 N–H and O–H groups in total. The predicted octanol–water partition coefficient (Wildman–Crippen LogP) is 4.20. The second kappa shape index (κ2) is 10.3. The van der Waals surface area contributed by atoms with Crippen LogP contribution in [0.2, 0.25) is 0 Å². The van der Waals surface area contributed by atoms with Crippen LogP contribution in [0.1, 0.15) is 48.0 Å². The average Bonchev–Trinajstić information content (AvgIpc) is 3.14. The summed E-state index contributed by atoms with van der Waals surface area (Å²) in [6, 6.07) is 22.6. The van der Waals surface area contributed by atoms with E-state index in [1.54, 1.807) is 6.20 Å². The molecule has 1 atom stereocenters. The van der Waals surface area contributed by atoms with E-state index < -0.39 is 0 Å². The molecule has 3 aromatic rings. The standard InChI is InChI=1S/C26H29N3O2/c27-15-7-5-13-25(24-14-6-8-16-28-24)29-17-26(30)31-18-23-21-11-3-1-9-19(21)20-10-2-4-12-22(20)23/h1-4,6,8-12,14,16,23,25,29H,5,7,13,15,17-18,27H2. The van der Waals surface area contributed by atoms with Gasteiger partial charge in [0, 0.05) is 18.2 Å². The molecule has 1 heterocycles. The van der Waals surface area contributed by atoms with Crippen molar-refractivity contribution < 1.29 is 9.53 Å². The van der Waals surface area contributed by atoms with Gasteiger partial charge in [0.1, 0.15) is 6.61 Å². The number of nitrogens with zero attached hydrogens (tertiary/aromatic N) is 1. The predicted molar refractivity (Wildman–Crippen MR) is 123 cm³/mol. The Hall–Kier alpha value is -3.02. The Morgan fingerprint density at radius 1 is 0.968 bits per heavy atom. The Labute approximate surface area is 183 Å². The number of hydrogen-bond acceptors (Lipinski definition) is 5. The maximum Gasteiger partial charge on any atom is 0.319 e. The Bertz CT molecular complexity index is 961. The number of benzene rings is 2. The van der Waals surface area contributed by atoms with Crippen LogP contribution in [-0.4, -0.2) is 30.6 Å². The lowest BCUT2D eigenvalue weighted by atomic mass is 9.98. The molecular formula is C26H29N3O2. The van der Waals surface area contributed by atoms with E-state index in [9.17, 15) is 4.79 Å². The molecule has 0 spiro atoms. The van der Waals surface area contributed by atoms with Crippen LogP contribution in [0.15, 0.2) is 72.9 Å². The Morgan fingerprint density at radius 2 is 1.65 bits per heavy atom. The van der Waals surface area contributed by atoms with Crippen LogP contribution in [0.3, 0.4) is 0 Å². The number of fused-ring (bicyclic) bond motifs is 3. The molecule has 1 aromatic heterocycles. The fourth-order valence-electron chi connectivity index (χ4n) is 4.30. The molecule has 1 unspecified atom stereocenters. The summed E-state index contributed by atoms with van der Waals surface area (Å²) >= 11 is 0. The largest absolute Gasteiger partial charge is 0.464 e. The second-order valence-electron chi connectivity index (χ2n) is 7.88. The third-order valence-electron chi connectivity index (χ3n) is 5.86. The zero-order chi connectivity index (χ0) is 21.5. The molecule has 0 amide bonds. The van der Waals surface area contributed by atoms with Crippen LogP contribution < -0.4 is 11.1 Å². The minimum atomic E-state index is -0.249. The first-order valence-electron chi connectivity index (χ1n) is 11.0. The number of pyridine rings is 1. The van der Waals surface area contributed by atoms with Crippen molar-refractivity contribution in [2.75, 3.05) is 19.7 Å². The Balaban J connectivity index is 1.36. The summed E-state index contributed by atoms with van der Waals surface area (Å²) in [7, 11) is 0. The lowest BCUT2D eigenvalue weighted by molar-refractivity contribution is -0.143. The first-order chi connectivity index (χ1) is 15.3. The minimum Gasteiger partial charge on any atom is -0.464 e. The maximum absolute atomic E-state index is 12.6. The van der Waals surface area contributed by atoms with Gasteiger partial charge in [-0.2, -0.15) is 0 Å². The number of esters is 1. The van der Waals surface area contributed by atoms with Crippen molar-refractivity contribution in [3.63, 3.8) is 0 Å². The summed E-state index contributed by atoms with van der Waals surface area (Å²) in [5, 5.41) is 3.33. The molecule has 5 nitrogen and oxygen atoms in total. The molecule has 1 aliphatic carbocycles. The van der Waals surface area contributed by atoms with E-state index in [1.807, 2.05) is 30.3 Å². The minimum absolute atomic E-state index is 0.00762. The number of ether oxygens (including phenoxy) is 1. The summed E-state index contributed by atoms with van der Waals surface area (Å²) < 4.78 is 5.71. The third-order valence-corrected chi connectivity index (χ3v) is 5.86. The number of carbonyl (C=O) groups is 1. The van der Waals surface area contributed by atoms with E-state index in [1.165, 1.54) is 22.3 Å². The zero-order valence-corrected chi connectivity index (χ0v) is 17.7. The number of rotatable bonds is 10. The molecule has 0 bridgehead atoms. The van der Waals surface area contributed by atoms with E-state index >= 15 is 0 Å². The van der Waals surface area contributed by atoms with Crippen molar-refractivity contribution >= 4 is 5.97 Å². The summed E-state index contributed by atoms with van der Waals surface area (Å²) in [5.41, 5.74) is 11.5. The van der Waals surface area contributed by atoms with E-state index in [0.29, 0.717) is 13.2 Å². The lowest BCUT2D eigenvalue weighted by Crippen LogP contribution is -2.30. The van der Waals surface area contributed by atoms with Gasteiger partial charge in [-0.05, 0) is 53.8 Å². The molecule has 2 aromatic carbocycles. The molecule has 0 saturated heterocycles. The molecule has 0 aliphatic heterocycles. The van der Waals surface area contributed by atoms with Gasteiger partial charge in [-0.15, -0.1) is 0 Å². The molecule has 0 fully saturated rings. The van der Waals surface area contributed by atoms with Crippen molar-refractivity contribution in [3.05, 3.63) is 89.7 Å². The number of nitrogens with one attached hydrogen (secondary N) is 1. The average molecular weight is 416 g/mol. The van der Waals surface area contributed by atoms with Gasteiger partial charge in [0.2, 0.25) is 0 Å². The molecule has 1 aliphatic rings. The second-order valence-corrected chi connectivity index (χ2v) is 7.88. The number of unbranched alkanes of at least 4 members (excludes halogenated alkanes) is 1. The van der Waals surface area contributed by atoms with E-state index in [0.717, 1.165) is 25.0 Å². The summed E-state index contributed by atoms with van der Waals surface area (Å²) in [5.74, 6) is -0.172. The highest BCUT2D eigenvalue weighted by molar-refractivity contribution is 5.79. The van der Waals surface area contributed by atoms with Crippen molar-refractivity contribution in [2.45, 2.75) is 31.2 Å². The molecule has 5 heteroatoms. The lowest BCUT2D eigenvalue weighted by Gasteiger charge is -2.19. The first-order valence-corrected chi connectivity index (χ1v) is 11.0. The van der Waals surface area contributed by atoms with Gasteiger partial charge < -0.3 is 10.5 Å². The quantitative estimate of drug-likeness (QED) is 0.383. The molecule has 0 saturated carbocycles. The van der Waals surface area contributed by atoms with Crippen LogP contribution in [0.5, 0.6) is 0 Å². The highest BCUT2D eigenvalue weighted by Crippen LogP contribution is 2.44. The highest BCUT2D eigenvalue weighted by Gasteiger charge is 2.29. The Kier molecular flexibility index (Phi) is 7.07. The monoisotopic (exact) mass is 415 g/mol. The third kappa shape index (κ3) is 5.01. The molecule has 31 heavy (non-hydrogen) atoms. The number of hydrogen-bond donors (Lipinski definition) is 2. The molecule has 4 rings (SSSR count). The molecular weight excluding hydrogens is 386 g/mol. The summed E-state index contributed by atoms with van der Waals surface area (Å²) in [6.45, 7) is 1.16. The van der Waals surface area contributed by atoms with Crippen LogP contribution >= 0.6 is 0 Å². The van der Waals surface area contributed by atoms with E-state index in [4.69, 9.17) is 10.5 Å². The van der Waals surface area contributed by atoms with Crippen LogP contribution in [-0.2, 0) is 9.53 Å². The summed E-state index contributed by atoms with van der Waals surface area (Å²) in [4.78, 5) is 17.0. The van der Waals surface area contributed by atoms with Gasteiger partial charge in [-0.1, -0.05) is 61.0 Å². The van der Waals surface area contributed by atoms with Crippen molar-refractivity contribution in [1.29, 1.82) is 0 Å². The van der Waals surface area contributed by atoms with Crippen LogP contribution in [0.25, 0.3) is 11.1 Å². The fourth-order valence-corrected chi connectivity index (χ4v) is 4.30. The van der Waals surface area contributed by atoms with Crippen LogP contribution in [0.4, 0.5) is 0 Å². The highest BCUT2D eigenvalue weighted by atomic mass is 16.5. The van der Waals surface area contributed by atoms with Gasteiger partial charge >= 0.3 is 5.97 Å². The molecule has 160 valence electrons. The van der Waals surface area contributed by atoms with Gasteiger partial charge in [0.25, 0.3) is 0 Å². The van der Waals surface area contributed by atoms with Gasteiger partial charge in [-0.25, -0.2) is 0 Å². The van der Waals surface area contributed by atoms with Crippen molar-refractivity contribution in [2.24, 2.45) is 5.73 Å². The van der Waals surface area contributed by atoms with Gasteiger partial charge in [0.15, 0.2) is 0 Å². The van der Waals surface area contributed by atoms with Crippen molar-refractivity contribution in [3.8, 4) is 11.1 Å². The maximum atomic E-state index is 12.6. The zero-order valence-electron chi connectivity index (χ0n) is 17.7. The SMILES string of the molecule is NCCCCC(NCC(=O)OCC1c2ccccc2-c2ccccc21)c1ccccn1. The van der Waals surface area contributed by atoms with Crippen LogP contribution in [0, 0.1) is 0 Å². The first kappa shape index (κ1) is 21.2. The van der Waals surface area contributed by atoms with Crippen molar-refractivity contribution in [1.82, 2.24) is 10.3 Å². The number of carbonyl (C=O) groups excluding carboxylic acids is 1. The Morgan fingerprint density at radius 3 is 2.29 bits per heavy atom. The molecule has 0 radical (unpaired) electrons. The van der Waals surface area contributed by atoms with Gasteiger partial charge in [0.05, 0.1) is 12.2 Å².